The van der Waals surface area contributed by atoms with Gasteiger partial charge in [-0.25, -0.2) is 4.79 Å². The van der Waals surface area contributed by atoms with Gasteiger partial charge in [0.15, 0.2) is 0 Å². The average Bonchev–Trinajstić information content (AvgIpc) is 3.05. The van der Waals surface area contributed by atoms with Crippen LogP contribution in [-0.2, 0) is 17.5 Å². The van der Waals surface area contributed by atoms with E-state index in [1.54, 1.807) is 31.3 Å². The van der Waals surface area contributed by atoms with Crippen LogP contribution >= 0.6 is 0 Å². The highest BCUT2D eigenvalue weighted by molar-refractivity contribution is 5.84. The van der Waals surface area contributed by atoms with Crippen LogP contribution in [0.4, 0.5) is 4.79 Å². The van der Waals surface area contributed by atoms with E-state index in [9.17, 15) is 4.79 Å². The Morgan fingerprint density at radius 2 is 2.38 bits per heavy atom. The van der Waals surface area contributed by atoms with Crippen molar-refractivity contribution in [2.45, 2.75) is 18.8 Å². The van der Waals surface area contributed by atoms with Gasteiger partial charge in [0.05, 0.1) is 8.78 Å². The molecule has 0 aliphatic carbocycles. The number of alkyl carbamates (subject to hydrolysis) is 1. The van der Waals surface area contributed by atoms with E-state index < -0.39 is 31.4 Å². The van der Waals surface area contributed by atoms with Crippen molar-refractivity contribution >= 4 is 17.0 Å². The van der Waals surface area contributed by atoms with Crippen LogP contribution in [0, 0.1) is 0 Å². The molecule has 0 saturated carbocycles. The first-order valence-electron chi connectivity index (χ1n) is 9.61. The first kappa shape index (κ1) is 8.44. The number of amides is 1. The van der Waals surface area contributed by atoms with Gasteiger partial charge < -0.3 is 19.9 Å². The summed E-state index contributed by atoms with van der Waals surface area (Å²) in [4.78, 5) is 16.1. The summed E-state index contributed by atoms with van der Waals surface area (Å²) in [6.45, 7) is -2.36. The molecule has 1 aromatic heterocycles. The van der Waals surface area contributed by atoms with Gasteiger partial charge in [0.2, 0.25) is 0 Å². The number of nitrogens with one attached hydrogen (secondary N) is 2. The molecule has 21 heavy (non-hydrogen) atoms. The fourth-order valence-corrected chi connectivity index (χ4v) is 2.12. The quantitative estimate of drug-likeness (QED) is 0.885. The standard InChI is InChI=1S/C16H21N3O2/c1-19(2)6-5-12-9-17-15-4-3-11(8-14(12)15)7-13-10-21-16(20)18-13/h3-4,8-9,13,17H,5-7,10H2,1-2H3,(H,18,20)/t13-/m0/s1/i5D2,7D2,10D2. The zero-order valence-corrected chi connectivity index (χ0v) is 11.9. The SMILES string of the molecule is [2H]C([2H])(CN(C)C)c1c[nH]c2ccc(C([2H])([2H])[C@@H]3NC(=O)OC3([2H])[2H])cc12. The maximum Gasteiger partial charge on any atom is 0.407 e. The highest BCUT2D eigenvalue weighted by Crippen LogP contribution is 2.21. The van der Waals surface area contributed by atoms with Crippen molar-refractivity contribution in [1.82, 2.24) is 15.2 Å². The summed E-state index contributed by atoms with van der Waals surface area (Å²) in [6.07, 6.45) is -3.40. The molecule has 5 nitrogen and oxygen atoms in total. The molecule has 1 fully saturated rings. The third-order valence-corrected chi connectivity index (χ3v) is 3.11. The molecule has 2 N–H and O–H groups in total. The van der Waals surface area contributed by atoms with Crippen LogP contribution in [0.2, 0.25) is 0 Å². The number of rotatable bonds is 5. The Morgan fingerprint density at radius 3 is 3.10 bits per heavy atom. The molecule has 112 valence electrons. The Labute approximate surface area is 132 Å². The van der Waals surface area contributed by atoms with Gasteiger partial charge in [0.25, 0.3) is 0 Å². The molecule has 1 atom stereocenters. The summed E-state index contributed by atoms with van der Waals surface area (Å²) < 4.78 is 53.6. The number of aromatic nitrogens is 1. The van der Waals surface area contributed by atoms with Gasteiger partial charge >= 0.3 is 6.09 Å². The van der Waals surface area contributed by atoms with E-state index >= 15 is 0 Å². The van der Waals surface area contributed by atoms with E-state index in [1.807, 2.05) is 0 Å². The summed E-state index contributed by atoms with van der Waals surface area (Å²) in [5, 5.41) is 2.70. The first-order chi connectivity index (χ1) is 12.3. The van der Waals surface area contributed by atoms with Crippen molar-refractivity contribution in [2.75, 3.05) is 27.2 Å². The van der Waals surface area contributed by atoms with E-state index in [1.165, 1.54) is 12.1 Å². The van der Waals surface area contributed by atoms with Gasteiger partial charge in [-0.2, -0.15) is 0 Å². The van der Waals surface area contributed by atoms with Crippen molar-refractivity contribution in [2.24, 2.45) is 0 Å². The van der Waals surface area contributed by atoms with Crippen molar-refractivity contribution < 1.29 is 17.8 Å². The monoisotopic (exact) mass is 293 g/mol. The minimum absolute atomic E-state index is 0.121. The molecule has 2 aromatic rings. The van der Waals surface area contributed by atoms with Crippen molar-refractivity contribution in [3.05, 3.63) is 35.5 Å². The second kappa shape index (κ2) is 5.77. The molecule has 3 rings (SSSR count). The maximum atomic E-state index is 11.4. The minimum atomic E-state index is -2.50. The predicted molar refractivity (Wildman–Crippen MR) is 82.5 cm³/mol. The fraction of sp³-hybridized carbons (Fsp3) is 0.438. The zero-order valence-electron chi connectivity index (χ0n) is 17.9. The zero-order chi connectivity index (χ0) is 20.2. The lowest BCUT2D eigenvalue weighted by Gasteiger charge is -2.09. The topological polar surface area (TPSA) is 57.4 Å². The third-order valence-electron chi connectivity index (χ3n) is 3.11. The number of ether oxygens (including phenoxy) is 1. The van der Waals surface area contributed by atoms with E-state index in [2.05, 4.69) is 15.0 Å². The molecule has 0 bridgehead atoms. The third kappa shape index (κ3) is 3.19. The van der Waals surface area contributed by atoms with Gasteiger partial charge in [-0.15, -0.1) is 0 Å². The molecule has 1 aliphatic heterocycles. The normalized spacial score (nSPS) is 26.2. The number of cyclic esters (lactones) is 1. The number of carbonyl (C=O) groups excluding carboxylic acids is 1. The summed E-state index contributed by atoms with van der Waals surface area (Å²) in [7, 11) is 3.53. The van der Waals surface area contributed by atoms with Crippen molar-refractivity contribution in [3.8, 4) is 0 Å². The summed E-state index contributed by atoms with van der Waals surface area (Å²) >= 11 is 0. The van der Waals surface area contributed by atoms with E-state index in [4.69, 9.17) is 8.22 Å². The second-order valence-electron chi connectivity index (χ2n) is 5.11. The second-order valence-corrected chi connectivity index (χ2v) is 5.11. The minimum Gasteiger partial charge on any atom is -0.447 e. The molecule has 0 radical (unpaired) electrons. The lowest BCUT2D eigenvalue weighted by atomic mass is 10.0. The number of H-pyrrole nitrogens is 1. The number of hydrogen-bond donors (Lipinski definition) is 2. The number of fused-ring (bicyclic) bond motifs is 1. The van der Waals surface area contributed by atoms with Gasteiger partial charge in [-0.3, -0.25) is 0 Å². The molecule has 0 spiro atoms. The van der Waals surface area contributed by atoms with E-state index in [-0.39, 0.29) is 12.1 Å². The van der Waals surface area contributed by atoms with Crippen LogP contribution in [-0.4, -0.2) is 49.2 Å². The molecule has 0 unspecified atom stereocenters. The van der Waals surface area contributed by atoms with Crippen molar-refractivity contribution in [3.63, 3.8) is 0 Å². The molecule has 5 heteroatoms. The highest BCUT2D eigenvalue weighted by Gasteiger charge is 2.22. The first-order valence-corrected chi connectivity index (χ1v) is 6.61. The highest BCUT2D eigenvalue weighted by atomic mass is 16.6. The average molecular weight is 293 g/mol. The Balaban J connectivity index is 2.06. The lowest BCUT2D eigenvalue weighted by molar-refractivity contribution is 0.177. The number of likely N-dealkylation sites (N-methyl/N-ethyl adjacent to an activating group) is 1. The van der Waals surface area contributed by atoms with E-state index in [0.717, 1.165) is 0 Å². The van der Waals surface area contributed by atoms with Crippen LogP contribution in [0.25, 0.3) is 10.9 Å². The predicted octanol–water partition coefficient (Wildman–Crippen LogP) is 1.92. The molecule has 1 saturated heterocycles. The molecule has 1 aliphatic rings. The smallest absolute Gasteiger partial charge is 0.407 e. The summed E-state index contributed by atoms with van der Waals surface area (Å²) in [6, 6.07) is 3.07. The Hall–Kier alpha value is -2.01. The van der Waals surface area contributed by atoms with Gasteiger partial charge in [0, 0.05) is 29.1 Å². The number of aromatic amines is 1. The number of hydrogen-bond acceptors (Lipinski definition) is 3. The fourth-order valence-electron chi connectivity index (χ4n) is 2.12. The van der Waals surface area contributed by atoms with Crippen LogP contribution in [0.1, 0.15) is 19.4 Å². The van der Waals surface area contributed by atoms with Gasteiger partial charge in [0.1, 0.15) is 6.56 Å². The number of nitrogens with zero attached hydrogens (tertiary/aromatic N) is 1. The summed E-state index contributed by atoms with van der Waals surface area (Å²) in [5.74, 6) is 0. The molecule has 1 amide bonds. The molecule has 1 aromatic carbocycles. The van der Waals surface area contributed by atoms with Crippen LogP contribution in [0.15, 0.2) is 24.4 Å². The lowest BCUT2D eigenvalue weighted by Crippen LogP contribution is -2.28. The summed E-state index contributed by atoms with van der Waals surface area (Å²) in [5.41, 5.74) is 1.15. The molecular formula is C16H21N3O2. The van der Waals surface area contributed by atoms with Gasteiger partial charge in [-0.05, 0) is 50.1 Å². The van der Waals surface area contributed by atoms with Crippen molar-refractivity contribution in [1.29, 1.82) is 0 Å². The van der Waals surface area contributed by atoms with Crippen LogP contribution < -0.4 is 5.32 Å². The Morgan fingerprint density at radius 1 is 1.52 bits per heavy atom. The molecule has 2 heterocycles. The van der Waals surface area contributed by atoms with E-state index in [0.29, 0.717) is 16.5 Å². The number of benzene rings is 1. The van der Waals surface area contributed by atoms with Crippen LogP contribution in [0.5, 0.6) is 0 Å². The molecular weight excluding hydrogens is 266 g/mol. The van der Waals surface area contributed by atoms with Gasteiger partial charge in [-0.1, -0.05) is 6.07 Å². The largest absolute Gasteiger partial charge is 0.447 e. The number of carbonyl (C=O) groups is 1. The Bertz CT molecular complexity index is 880. The van der Waals surface area contributed by atoms with Crippen LogP contribution in [0.3, 0.4) is 0 Å². The maximum absolute atomic E-state index is 11.4. The Kier molecular flexibility index (Phi) is 2.32.